The van der Waals surface area contributed by atoms with E-state index < -0.39 is 17.8 Å². The number of halogens is 3. The number of benzene rings is 2. The Morgan fingerprint density at radius 2 is 1.88 bits per heavy atom. The second kappa shape index (κ2) is 9.52. The van der Waals surface area contributed by atoms with Crippen molar-refractivity contribution in [1.29, 1.82) is 0 Å². The molecule has 9 heteroatoms. The number of hydrogen-bond acceptors (Lipinski definition) is 4. The third kappa shape index (κ3) is 5.53. The highest BCUT2D eigenvalue weighted by atomic mass is 19.4. The lowest BCUT2D eigenvalue weighted by molar-refractivity contribution is -0.137. The monoisotopic (exact) mass is 447 g/mol. The number of carbonyl (C=O) groups excluding carboxylic acids is 1. The molecule has 0 saturated carbocycles. The quantitative estimate of drug-likeness (QED) is 0.338. The van der Waals surface area contributed by atoms with Gasteiger partial charge in [0.1, 0.15) is 0 Å². The van der Waals surface area contributed by atoms with E-state index in [4.69, 9.17) is 11.5 Å². The van der Waals surface area contributed by atoms with Gasteiger partial charge in [-0.05, 0) is 42.2 Å². The van der Waals surface area contributed by atoms with E-state index in [9.17, 15) is 18.0 Å². The average Bonchev–Trinajstić information content (AvgIpc) is 3.13. The number of aromatic amines is 1. The molecule has 3 aromatic rings. The van der Waals surface area contributed by atoms with Gasteiger partial charge in [0.05, 0.1) is 23.0 Å². The molecule has 3 rings (SSSR count). The summed E-state index contributed by atoms with van der Waals surface area (Å²) in [6, 6.07) is 9.97. The van der Waals surface area contributed by atoms with Crippen molar-refractivity contribution in [2.75, 3.05) is 17.6 Å². The van der Waals surface area contributed by atoms with E-state index in [2.05, 4.69) is 15.6 Å². The molecule has 1 amide bonds. The van der Waals surface area contributed by atoms with E-state index in [1.807, 2.05) is 44.3 Å². The number of carbonyl (C=O) groups is 1. The molecule has 1 heterocycles. The summed E-state index contributed by atoms with van der Waals surface area (Å²) in [6.45, 7) is 4.13. The van der Waals surface area contributed by atoms with Crippen molar-refractivity contribution in [3.63, 3.8) is 0 Å². The van der Waals surface area contributed by atoms with Crippen molar-refractivity contribution >= 4 is 28.2 Å². The predicted molar refractivity (Wildman–Crippen MR) is 121 cm³/mol. The smallest absolute Gasteiger partial charge is 0.397 e. The minimum atomic E-state index is -4.46. The fraction of sp³-hybridized carbons (Fsp3) is 0.348. The Bertz CT molecular complexity index is 1080. The van der Waals surface area contributed by atoms with Crippen LogP contribution in [-0.2, 0) is 17.4 Å². The molecule has 0 fully saturated rings. The number of nitrogens with two attached hydrogens (primary N) is 2. The maximum atomic E-state index is 12.9. The number of anilines is 2. The van der Waals surface area contributed by atoms with Crippen LogP contribution in [0.4, 0.5) is 24.5 Å². The molecule has 0 saturated heterocycles. The van der Waals surface area contributed by atoms with Crippen LogP contribution in [0.3, 0.4) is 0 Å². The van der Waals surface area contributed by atoms with Crippen LogP contribution in [0.1, 0.15) is 25.0 Å². The second-order valence-electron chi connectivity index (χ2n) is 8.21. The molecule has 6 nitrogen and oxygen atoms in total. The van der Waals surface area contributed by atoms with Crippen LogP contribution in [0.25, 0.3) is 10.9 Å². The lowest BCUT2D eigenvalue weighted by Gasteiger charge is -2.25. The van der Waals surface area contributed by atoms with Crippen LogP contribution in [0.15, 0.2) is 48.7 Å². The molecule has 0 bridgehead atoms. The molecular weight excluding hydrogens is 419 g/mol. The van der Waals surface area contributed by atoms with Crippen molar-refractivity contribution in [2.45, 2.75) is 38.5 Å². The average molecular weight is 448 g/mol. The molecule has 0 unspecified atom stereocenters. The van der Waals surface area contributed by atoms with E-state index in [0.717, 1.165) is 28.6 Å². The number of nitrogen functional groups attached to an aromatic ring is 1. The third-order valence-electron chi connectivity index (χ3n) is 5.47. The van der Waals surface area contributed by atoms with Gasteiger partial charge in [-0.2, -0.15) is 13.2 Å². The lowest BCUT2D eigenvalue weighted by atomic mass is 10.0. The highest BCUT2D eigenvalue weighted by Gasteiger charge is 2.31. The summed E-state index contributed by atoms with van der Waals surface area (Å²) in [4.78, 5) is 15.7. The topological polar surface area (TPSA) is 109 Å². The molecule has 2 aromatic carbocycles. The zero-order chi connectivity index (χ0) is 23.5. The molecule has 0 aliphatic carbocycles. The third-order valence-corrected chi connectivity index (χ3v) is 5.47. The van der Waals surface area contributed by atoms with E-state index in [1.165, 1.54) is 6.07 Å². The Morgan fingerprint density at radius 3 is 2.53 bits per heavy atom. The summed E-state index contributed by atoms with van der Waals surface area (Å²) < 4.78 is 38.6. The number of amides is 1. The fourth-order valence-electron chi connectivity index (χ4n) is 3.50. The van der Waals surface area contributed by atoms with Gasteiger partial charge in [0.15, 0.2) is 0 Å². The van der Waals surface area contributed by atoms with E-state index >= 15 is 0 Å². The van der Waals surface area contributed by atoms with Gasteiger partial charge in [-0.3, -0.25) is 4.79 Å². The van der Waals surface area contributed by atoms with Crippen LogP contribution < -0.4 is 22.1 Å². The molecule has 0 aliphatic heterocycles. The highest BCUT2D eigenvalue weighted by Crippen LogP contribution is 2.33. The predicted octanol–water partition coefficient (Wildman–Crippen LogP) is 3.89. The first-order chi connectivity index (χ1) is 15.1. The highest BCUT2D eigenvalue weighted by molar-refractivity contribution is 5.86. The summed E-state index contributed by atoms with van der Waals surface area (Å²) >= 11 is 0. The first-order valence-electron chi connectivity index (χ1n) is 10.4. The fourth-order valence-corrected chi connectivity index (χ4v) is 3.50. The first-order valence-corrected chi connectivity index (χ1v) is 10.4. The Morgan fingerprint density at radius 1 is 1.16 bits per heavy atom. The summed E-state index contributed by atoms with van der Waals surface area (Å²) in [7, 11) is 0. The summed E-state index contributed by atoms with van der Waals surface area (Å²) in [6.07, 6.45) is -2.23. The number of para-hydroxylation sites is 1. The minimum Gasteiger partial charge on any atom is -0.397 e. The van der Waals surface area contributed by atoms with Gasteiger partial charge < -0.3 is 27.1 Å². The Balaban J connectivity index is 1.61. The Kier molecular flexibility index (Phi) is 6.98. The molecule has 7 N–H and O–H groups in total. The van der Waals surface area contributed by atoms with Crippen LogP contribution >= 0.6 is 0 Å². The number of hydrogen-bond donors (Lipinski definition) is 5. The van der Waals surface area contributed by atoms with Gasteiger partial charge in [-0.15, -0.1) is 0 Å². The van der Waals surface area contributed by atoms with E-state index in [-0.39, 0.29) is 30.1 Å². The van der Waals surface area contributed by atoms with Gasteiger partial charge in [0, 0.05) is 29.7 Å². The van der Waals surface area contributed by atoms with Crippen molar-refractivity contribution in [3.05, 3.63) is 59.8 Å². The Labute approximate surface area is 184 Å². The molecule has 0 aliphatic rings. The molecule has 0 spiro atoms. The number of alkyl halides is 3. The number of fused-ring (bicyclic) bond motifs is 1. The van der Waals surface area contributed by atoms with Gasteiger partial charge in [-0.1, -0.05) is 32.0 Å². The maximum absolute atomic E-state index is 12.9. The molecule has 1 aromatic heterocycles. The Hall–Kier alpha value is -3.20. The minimum absolute atomic E-state index is 0.00663. The number of nitrogens with one attached hydrogen (secondary N) is 3. The lowest BCUT2D eigenvalue weighted by Crippen LogP contribution is -2.47. The van der Waals surface area contributed by atoms with E-state index in [1.54, 1.807) is 0 Å². The van der Waals surface area contributed by atoms with Crippen molar-refractivity contribution in [1.82, 2.24) is 10.3 Å². The summed E-state index contributed by atoms with van der Waals surface area (Å²) in [5.41, 5.74) is 13.4. The standard InChI is InChI=1S/C23H28F3N5O/c1-13(2)21(31-20-8-7-15(10-17(20)27)23(24,25)26)12-30-22(32)18(28)9-14-11-29-19-6-4-3-5-16(14)19/h3-8,10-11,13,18,21,29,31H,9,12,27-28H2,1-2H3,(H,30,32)/t18-,21-/m0/s1. The molecule has 32 heavy (non-hydrogen) atoms. The first kappa shape index (κ1) is 23.5. The van der Waals surface area contributed by atoms with Crippen LogP contribution in [0.5, 0.6) is 0 Å². The largest absolute Gasteiger partial charge is 0.416 e. The zero-order valence-electron chi connectivity index (χ0n) is 18.0. The van der Waals surface area contributed by atoms with Crippen LogP contribution in [0, 0.1) is 5.92 Å². The summed E-state index contributed by atoms with van der Waals surface area (Å²) in [5, 5.41) is 7.00. The van der Waals surface area contributed by atoms with Crippen molar-refractivity contribution < 1.29 is 18.0 Å². The molecule has 0 radical (unpaired) electrons. The zero-order valence-corrected chi connectivity index (χ0v) is 18.0. The van der Waals surface area contributed by atoms with Gasteiger partial charge in [0.25, 0.3) is 0 Å². The van der Waals surface area contributed by atoms with Gasteiger partial charge in [-0.25, -0.2) is 0 Å². The van der Waals surface area contributed by atoms with Gasteiger partial charge in [0.2, 0.25) is 5.91 Å². The molecular formula is C23H28F3N5O. The number of aromatic nitrogens is 1. The van der Waals surface area contributed by atoms with Crippen molar-refractivity contribution in [3.8, 4) is 0 Å². The van der Waals surface area contributed by atoms with Crippen LogP contribution in [-0.4, -0.2) is 29.5 Å². The number of H-pyrrole nitrogens is 1. The maximum Gasteiger partial charge on any atom is 0.416 e. The number of rotatable bonds is 8. The molecule has 2 atom stereocenters. The van der Waals surface area contributed by atoms with Crippen LogP contribution in [0.2, 0.25) is 0 Å². The normalized spacial score (nSPS) is 13.8. The van der Waals surface area contributed by atoms with Gasteiger partial charge >= 0.3 is 6.18 Å². The van der Waals surface area contributed by atoms with E-state index in [0.29, 0.717) is 12.1 Å². The van der Waals surface area contributed by atoms with Crippen molar-refractivity contribution in [2.24, 2.45) is 11.7 Å². The summed E-state index contributed by atoms with van der Waals surface area (Å²) in [5.74, 6) is -0.232. The SMILES string of the molecule is CC(C)[C@H](CNC(=O)[C@@H](N)Cc1c[nH]c2ccccc12)Nc1ccc(C(F)(F)F)cc1N. The molecule has 172 valence electrons. The second-order valence-corrected chi connectivity index (χ2v) is 8.21.